The van der Waals surface area contributed by atoms with Crippen LogP contribution in [0.3, 0.4) is 0 Å². The molecule has 11 heteroatoms. The molecule has 224 valence electrons. The van der Waals surface area contributed by atoms with Crippen LogP contribution in [-0.2, 0) is 32.6 Å². The van der Waals surface area contributed by atoms with E-state index in [2.05, 4.69) is 5.32 Å². The van der Waals surface area contributed by atoms with Gasteiger partial charge in [0.2, 0.25) is 11.8 Å². The van der Waals surface area contributed by atoms with E-state index in [9.17, 15) is 18.0 Å². The zero-order valence-electron chi connectivity index (χ0n) is 23.3. The Morgan fingerprint density at radius 1 is 0.791 bits per heavy atom. The van der Waals surface area contributed by atoms with E-state index in [1.807, 2.05) is 30.3 Å². The van der Waals surface area contributed by atoms with E-state index in [-0.39, 0.29) is 39.5 Å². The molecule has 0 saturated carbocycles. The molecule has 1 N–H and O–H groups in total. The first-order chi connectivity index (χ1) is 20.6. The molecule has 0 aliphatic heterocycles. The van der Waals surface area contributed by atoms with Gasteiger partial charge in [-0.3, -0.25) is 13.9 Å². The largest absolute Gasteiger partial charge is 0.355 e. The Morgan fingerprint density at radius 2 is 1.42 bits per heavy atom. The second kappa shape index (κ2) is 14.8. The average molecular weight is 659 g/mol. The summed E-state index contributed by atoms with van der Waals surface area (Å²) in [6, 6.07) is 27.4. The van der Waals surface area contributed by atoms with Gasteiger partial charge < -0.3 is 10.2 Å². The summed E-state index contributed by atoms with van der Waals surface area (Å²) < 4.78 is 29.0. The third kappa shape index (κ3) is 8.30. The van der Waals surface area contributed by atoms with Crippen LogP contribution in [0.4, 0.5) is 5.69 Å². The second-order valence-electron chi connectivity index (χ2n) is 9.67. The van der Waals surface area contributed by atoms with Crippen molar-refractivity contribution in [1.82, 2.24) is 10.2 Å². The minimum Gasteiger partial charge on any atom is -0.355 e. The molecule has 0 aliphatic rings. The number of halogens is 3. The highest BCUT2D eigenvalue weighted by Crippen LogP contribution is 2.33. The molecular formula is C32H30Cl3N3O4S. The number of nitrogens with zero attached hydrogens (tertiary/aromatic N) is 2. The van der Waals surface area contributed by atoms with Gasteiger partial charge in [0, 0.05) is 29.6 Å². The first kappa shape index (κ1) is 32.4. The molecule has 2 amide bonds. The van der Waals surface area contributed by atoms with Crippen molar-refractivity contribution in [2.75, 3.05) is 17.4 Å². The smallest absolute Gasteiger partial charge is 0.264 e. The topological polar surface area (TPSA) is 86.8 Å². The van der Waals surface area contributed by atoms with Crippen molar-refractivity contribution in [2.45, 2.75) is 30.8 Å². The number of rotatable bonds is 12. The van der Waals surface area contributed by atoms with E-state index in [4.69, 9.17) is 34.8 Å². The lowest BCUT2D eigenvalue weighted by molar-refractivity contribution is -0.140. The molecule has 0 spiro atoms. The van der Waals surface area contributed by atoms with Crippen LogP contribution in [0.2, 0.25) is 15.1 Å². The van der Waals surface area contributed by atoms with Crippen LogP contribution < -0.4 is 9.62 Å². The van der Waals surface area contributed by atoms with Gasteiger partial charge in [-0.05, 0) is 60.5 Å². The van der Waals surface area contributed by atoms with Gasteiger partial charge in [-0.1, -0.05) is 95.5 Å². The molecule has 0 unspecified atom stereocenters. The number of benzene rings is 4. The van der Waals surface area contributed by atoms with Crippen molar-refractivity contribution in [2.24, 2.45) is 0 Å². The van der Waals surface area contributed by atoms with E-state index >= 15 is 0 Å². The van der Waals surface area contributed by atoms with Crippen LogP contribution in [-0.4, -0.2) is 44.3 Å². The summed E-state index contributed by atoms with van der Waals surface area (Å²) in [6.07, 6.45) is 0.197. The Hall–Kier alpha value is -3.56. The van der Waals surface area contributed by atoms with Crippen molar-refractivity contribution in [3.63, 3.8) is 0 Å². The highest BCUT2D eigenvalue weighted by molar-refractivity contribution is 7.92. The zero-order chi connectivity index (χ0) is 31.0. The summed E-state index contributed by atoms with van der Waals surface area (Å²) in [5.74, 6) is -0.998. The fourth-order valence-electron chi connectivity index (χ4n) is 4.59. The van der Waals surface area contributed by atoms with Crippen LogP contribution in [0.1, 0.15) is 18.1 Å². The minimum absolute atomic E-state index is 0.00344. The quantitative estimate of drug-likeness (QED) is 0.185. The van der Waals surface area contributed by atoms with Crippen molar-refractivity contribution in [3.8, 4) is 0 Å². The van der Waals surface area contributed by atoms with E-state index < -0.39 is 28.5 Å². The van der Waals surface area contributed by atoms with Gasteiger partial charge in [-0.2, -0.15) is 0 Å². The molecule has 0 fully saturated rings. The molecule has 1 atom stereocenters. The van der Waals surface area contributed by atoms with E-state index in [0.717, 1.165) is 9.87 Å². The van der Waals surface area contributed by atoms with Crippen molar-refractivity contribution in [3.05, 3.63) is 129 Å². The predicted molar refractivity (Wildman–Crippen MR) is 172 cm³/mol. The molecule has 0 radical (unpaired) electrons. The maximum Gasteiger partial charge on any atom is 0.264 e. The molecule has 4 aromatic carbocycles. The monoisotopic (exact) mass is 657 g/mol. The second-order valence-corrected chi connectivity index (χ2v) is 12.8. The normalized spacial score (nSPS) is 11.9. The average Bonchev–Trinajstić information content (AvgIpc) is 3.00. The van der Waals surface area contributed by atoms with Gasteiger partial charge in [0.1, 0.15) is 12.6 Å². The first-order valence-electron chi connectivity index (χ1n) is 13.5. The third-order valence-electron chi connectivity index (χ3n) is 6.65. The fraction of sp³-hybridized carbons (Fsp3) is 0.188. The van der Waals surface area contributed by atoms with E-state index in [1.165, 1.54) is 35.2 Å². The van der Waals surface area contributed by atoms with Crippen molar-refractivity contribution >= 4 is 62.3 Å². The summed E-state index contributed by atoms with van der Waals surface area (Å²) >= 11 is 19.0. The molecular weight excluding hydrogens is 629 g/mol. The maximum absolute atomic E-state index is 14.4. The fourth-order valence-corrected chi connectivity index (χ4v) is 6.68. The minimum atomic E-state index is -4.30. The zero-order valence-corrected chi connectivity index (χ0v) is 26.4. The van der Waals surface area contributed by atoms with Gasteiger partial charge in [0.25, 0.3) is 10.0 Å². The molecule has 4 rings (SSSR count). The number of sulfonamides is 1. The molecule has 7 nitrogen and oxygen atoms in total. The van der Waals surface area contributed by atoms with Gasteiger partial charge in [-0.25, -0.2) is 8.42 Å². The number of carbonyl (C=O) groups excluding carboxylic acids is 2. The summed E-state index contributed by atoms with van der Waals surface area (Å²) in [6.45, 7) is 1.48. The molecule has 4 aromatic rings. The molecule has 0 aromatic heterocycles. The van der Waals surface area contributed by atoms with Crippen LogP contribution in [0, 0.1) is 0 Å². The summed E-state index contributed by atoms with van der Waals surface area (Å²) in [7, 11) is -4.30. The maximum atomic E-state index is 14.4. The SMILES string of the molecule is CCNC(=O)[C@@H](Cc1ccccc1)N(Cc1cccc(Cl)c1)C(=O)CN(c1cc(Cl)ccc1Cl)S(=O)(=O)c1ccccc1. The van der Waals surface area contributed by atoms with E-state index in [1.54, 1.807) is 49.4 Å². The molecule has 43 heavy (non-hydrogen) atoms. The highest BCUT2D eigenvalue weighted by Gasteiger charge is 2.35. The van der Waals surface area contributed by atoms with E-state index in [0.29, 0.717) is 17.1 Å². The number of hydrogen-bond acceptors (Lipinski definition) is 4. The number of nitrogens with one attached hydrogen (secondary N) is 1. The van der Waals surface area contributed by atoms with Crippen LogP contribution in [0.25, 0.3) is 0 Å². The molecule has 0 saturated heterocycles. The Bertz CT molecular complexity index is 1670. The standard InChI is InChI=1S/C32H30Cl3N3O4S/c1-2-36-32(40)30(19-23-10-5-3-6-11-23)37(21-24-12-9-13-25(33)18-24)31(39)22-38(29-20-26(34)16-17-28(29)35)43(41,42)27-14-7-4-8-15-27/h3-18,20,30H,2,19,21-22H2,1H3,(H,36,40)/t30-/m1/s1. The number of amides is 2. The lowest BCUT2D eigenvalue weighted by Crippen LogP contribution is -2.53. The van der Waals surface area contributed by atoms with Gasteiger partial charge in [0.05, 0.1) is 15.6 Å². The number of carbonyl (C=O) groups is 2. The van der Waals surface area contributed by atoms with Crippen LogP contribution in [0.15, 0.2) is 108 Å². The Kier molecular flexibility index (Phi) is 11.1. The lowest BCUT2D eigenvalue weighted by Gasteiger charge is -2.34. The number of likely N-dealkylation sites (N-methyl/N-ethyl adjacent to an activating group) is 1. The summed E-state index contributed by atoms with van der Waals surface area (Å²) in [5, 5.41) is 3.61. The number of anilines is 1. The predicted octanol–water partition coefficient (Wildman–Crippen LogP) is 6.62. The Balaban J connectivity index is 1.82. The van der Waals surface area contributed by atoms with Crippen molar-refractivity contribution in [1.29, 1.82) is 0 Å². The van der Waals surface area contributed by atoms with Gasteiger partial charge in [-0.15, -0.1) is 0 Å². The molecule has 0 heterocycles. The molecule has 0 aliphatic carbocycles. The lowest BCUT2D eigenvalue weighted by atomic mass is 10.0. The van der Waals surface area contributed by atoms with Crippen molar-refractivity contribution < 1.29 is 18.0 Å². The van der Waals surface area contributed by atoms with Gasteiger partial charge in [0.15, 0.2) is 0 Å². The Labute approximate surface area is 267 Å². The third-order valence-corrected chi connectivity index (χ3v) is 9.21. The number of hydrogen-bond donors (Lipinski definition) is 1. The van der Waals surface area contributed by atoms with Crippen LogP contribution >= 0.6 is 34.8 Å². The molecule has 0 bridgehead atoms. The Morgan fingerprint density at radius 3 is 2.07 bits per heavy atom. The summed E-state index contributed by atoms with van der Waals surface area (Å²) in [4.78, 5) is 29.2. The van der Waals surface area contributed by atoms with Gasteiger partial charge >= 0.3 is 0 Å². The van der Waals surface area contributed by atoms with Crippen LogP contribution in [0.5, 0.6) is 0 Å². The first-order valence-corrected chi connectivity index (χ1v) is 16.1. The summed E-state index contributed by atoms with van der Waals surface area (Å²) in [5.41, 5.74) is 1.53. The highest BCUT2D eigenvalue weighted by atomic mass is 35.5.